The third kappa shape index (κ3) is 2.26. The third-order valence-corrected chi connectivity index (χ3v) is 2.09. The summed E-state index contributed by atoms with van der Waals surface area (Å²) in [5.74, 6) is -2.87. The summed E-state index contributed by atoms with van der Waals surface area (Å²) in [7, 11) is 1.61. The number of nitro benzene ring substituents is 1. The maximum absolute atomic E-state index is 13.5. The van der Waals surface area contributed by atoms with Crippen LogP contribution < -0.4 is 4.74 Å². The van der Waals surface area contributed by atoms with Crippen molar-refractivity contribution >= 4 is 5.69 Å². The molecule has 0 aliphatic carbocycles. The summed E-state index contributed by atoms with van der Waals surface area (Å²) in [4.78, 5) is 9.51. The van der Waals surface area contributed by atoms with Crippen LogP contribution in [0, 0.1) is 21.7 Å². The van der Waals surface area contributed by atoms with Gasteiger partial charge < -0.3 is 4.74 Å². The van der Waals surface area contributed by atoms with E-state index in [1.165, 1.54) is 17.1 Å². The number of rotatable bonds is 3. The molecule has 0 aliphatic heterocycles. The van der Waals surface area contributed by atoms with Crippen molar-refractivity contribution in [3.63, 3.8) is 0 Å². The lowest BCUT2D eigenvalue weighted by Gasteiger charge is -2.05. The van der Waals surface area contributed by atoms with Gasteiger partial charge in [0.1, 0.15) is 0 Å². The van der Waals surface area contributed by atoms with Crippen LogP contribution in [0.2, 0.25) is 0 Å². The number of benzene rings is 1. The Morgan fingerprint density at radius 2 is 2.00 bits per heavy atom. The molecule has 0 aliphatic rings. The first kappa shape index (κ1) is 12.0. The number of ether oxygens (including phenoxy) is 1. The molecule has 0 saturated heterocycles. The number of halogens is 2. The predicted molar refractivity (Wildman–Crippen MR) is 56.3 cm³/mol. The van der Waals surface area contributed by atoms with E-state index in [4.69, 9.17) is 4.74 Å². The van der Waals surface area contributed by atoms with Crippen molar-refractivity contribution in [1.82, 2.24) is 9.78 Å². The van der Waals surface area contributed by atoms with Gasteiger partial charge >= 0.3 is 0 Å². The van der Waals surface area contributed by atoms with Gasteiger partial charge in [-0.15, -0.1) is 0 Å². The minimum atomic E-state index is -1.15. The molecule has 0 radical (unpaired) electrons. The average Bonchev–Trinajstić information content (AvgIpc) is 2.69. The lowest BCUT2D eigenvalue weighted by molar-refractivity contribution is -0.385. The van der Waals surface area contributed by atoms with Crippen molar-refractivity contribution in [2.75, 3.05) is 0 Å². The number of nitrogens with zero attached hydrogens (tertiary/aromatic N) is 3. The van der Waals surface area contributed by atoms with Gasteiger partial charge in [-0.25, -0.2) is 8.78 Å². The number of aryl methyl sites for hydroxylation is 1. The summed E-state index contributed by atoms with van der Waals surface area (Å²) in [6, 6.07) is 1.18. The highest BCUT2D eigenvalue weighted by Gasteiger charge is 2.19. The molecule has 0 atom stereocenters. The van der Waals surface area contributed by atoms with Crippen molar-refractivity contribution in [2.45, 2.75) is 0 Å². The van der Waals surface area contributed by atoms with Gasteiger partial charge in [0.15, 0.2) is 23.1 Å². The third-order valence-electron chi connectivity index (χ3n) is 2.09. The second kappa shape index (κ2) is 4.40. The van der Waals surface area contributed by atoms with Crippen LogP contribution >= 0.6 is 0 Å². The molecule has 0 fully saturated rings. The van der Waals surface area contributed by atoms with Crippen LogP contribution in [0.3, 0.4) is 0 Å². The molecule has 0 bridgehead atoms. The summed E-state index contributed by atoms with van der Waals surface area (Å²) in [6.07, 6.45) is 2.67. The first-order chi connectivity index (χ1) is 8.47. The van der Waals surface area contributed by atoms with Crippen LogP contribution in [0.15, 0.2) is 24.5 Å². The monoisotopic (exact) mass is 255 g/mol. The van der Waals surface area contributed by atoms with Crippen molar-refractivity contribution in [1.29, 1.82) is 0 Å². The Balaban J connectivity index is 2.37. The lowest BCUT2D eigenvalue weighted by Crippen LogP contribution is -1.96. The van der Waals surface area contributed by atoms with E-state index in [9.17, 15) is 18.9 Å². The average molecular weight is 255 g/mol. The Bertz CT molecular complexity index is 589. The zero-order chi connectivity index (χ0) is 13.3. The molecule has 0 N–H and O–H groups in total. The summed E-state index contributed by atoms with van der Waals surface area (Å²) in [5.41, 5.74) is -0.677. The van der Waals surface area contributed by atoms with Crippen LogP contribution in [0.5, 0.6) is 11.5 Å². The van der Waals surface area contributed by atoms with Gasteiger partial charge in [-0.2, -0.15) is 5.10 Å². The molecule has 6 nitrogen and oxygen atoms in total. The van der Waals surface area contributed by atoms with E-state index in [2.05, 4.69) is 5.10 Å². The summed E-state index contributed by atoms with van der Waals surface area (Å²) < 4.78 is 33.3. The van der Waals surface area contributed by atoms with E-state index in [0.29, 0.717) is 12.1 Å². The first-order valence-electron chi connectivity index (χ1n) is 4.77. The van der Waals surface area contributed by atoms with E-state index >= 15 is 0 Å². The zero-order valence-corrected chi connectivity index (χ0v) is 9.13. The Labute approximate surface area is 99.6 Å². The molecule has 2 aromatic rings. The number of hydrogen-bond acceptors (Lipinski definition) is 4. The molecule has 0 saturated carbocycles. The quantitative estimate of drug-likeness (QED) is 0.623. The first-order valence-corrected chi connectivity index (χ1v) is 4.77. The molecule has 1 aromatic carbocycles. The Hall–Kier alpha value is -2.51. The predicted octanol–water partition coefficient (Wildman–Crippen LogP) is 2.40. The summed E-state index contributed by atoms with van der Waals surface area (Å²) >= 11 is 0. The van der Waals surface area contributed by atoms with Crippen molar-refractivity contribution in [2.24, 2.45) is 7.05 Å². The van der Waals surface area contributed by atoms with Crippen molar-refractivity contribution in [3.05, 3.63) is 46.3 Å². The summed E-state index contributed by atoms with van der Waals surface area (Å²) in [6.45, 7) is 0. The van der Waals surface area contributed by atoms with Crippen LogP contribution in [0.25, 0.3) is 0 Å². The highest BCUT2D eigenvalue weighted by Crippen LogP contribution is 2.30. The molecule has 2 rings (SSSR count). The highest BCUT2D eigenvalue weighted by molar-refractivity contribution is 5.40. The van der Waals surface area contributed by atoms with Gasteiger partial charge in [-0.05, 0) is 0 Å². The largest absolute Gasteiger partial charge is 0.448 e. The van der Waals surface area contributed by atoms with Crippen molar-refractivity contribution < 1.29 is 18.4 Å². The fourth-order valence-corrected chi connectivity index (χ4v) is 1.32. The Morgan fingerprint density at radius 1 is 1.39 bits per heavy atom. The second-order valence-electron chi connectivity index (χ2n) is 3.45. The standard InChI is InChI=1S/C10H7F2N3O3/c1-14-5-7(4-13-14)18-10-8(11)2-6(15(16)17)3-9(10)12/h2-5H,1H3. The van der Waals surface area contributed by atoms with Gasteiger partial charge in [0.05, 0.1) is 29.4 Å². The Morgan fingerprint density at radius 3 is 2.44 bits per heavy atom. The molecule has 1 heterocycles. The molecule has 1 aromatic heterocycles. The SMILES string of the molecule is Cn1cc(Oc2c(F)cc([N+](=O)[O-])cc2F)cn1. The van der Waals surface area contributed by atoms with E-state index < -0.39 is 28.0 Å². The minimum Gasteiger partial charge on any atom is -0.448 e. The normalized spacial score (nSPS) is 10.4. The van der Waals surface area contributed by atoms with Crippen LogP contribution in [0.1, 0.15) is 0 Å². The van der Waals surface area contributed by atoms with Crippen LogP contribution in [-0.4, -0.2) is 14.7 Å². The molecule has 0 spiro atoms. The topological polar surface area (TPSA) is 70.2 Å². The van der Waals surface area contributed by atoms with Crippen molar-refractivity contribution in [3.8, 4) is 11.5 Å². The molecular weight excluding hydrogens is 248 g/mol. The highest BCUT2D eigenvalue weighted by atomic mass is 19.1. The zero-order valence-electron chi connectivity index (χ0n) is 9.13. The molecule has 8 heteroatoms. The van der Waals surface area contributed by atoms with Gasteiger partial charge in [0.25, 0.3) is 5.69 Å². The lowest BCUT2D eigenvalue weighted by atomic mass is 10.3. The van der Waals surface area contributed by atoms with E-state index in [0.717, 1.165) is 0 Å². The molecular formula is C10H7F2N3O3. The van der Waals surface area contributed by atoms with Crippen LogP contribution in [0.4, 0.5) is 14.5 Å². The summed E-state index contributed by atoms with van der Waals surface area (Å²) in [5, 5.41) is 14.2. The number of hydrogen-bond donors (Lipinski definition) is 0. The molecule has 94 valence electrons. The maximum Gasteiger partial charge on any atom is 0.275 e. The number of nitro groups is 1. The van der Waals surface area contributed by atoms with E-state index in [-0.39, 0.29) is 5.75 Å². The molecule has 0 amide bonds. The molecule has 0 unspecified atom stereocenters. The van der Waals surface area contributed by atoms with Gasteiger partial charge in [0, 0.05) is 7.05 Å². The van der Waals surface area contributed by atoms with E-state index in [1.807, 2.05) is 0 Å². The minimum absolute atomic E-state index is 0.129. The smallest absolute Gasteiger partial charge is 0.275 e. The van der Waals surface area contributed by atoms with Gasteiger partial charge in [-0.3, -0.25) is 14.8 Å². The number of non-ortho nitro benzene ring substituents is 1. The van der Waals surface area contributed by atoms with Gasteiger partial charge in [0.2, 0.25) is 0 Å². The molecule has 18 heavy (non-hydrogen) atoms. The maximum atomic E-state index is 13.5. The van der Waals surface area contributed by atoms with Gasteiger partial charge in [-0.1, -0.05) is 0 Å². The van der Waals surface area contributed by atoms with E-state index in [1.54, 1.807) is 7.05 Å². The second-order valence-corrected chi connectivity index (χ2v) is 3.45. The fourth-order valence-electron chi connectivity index (χ4n) is 1.32. The fraction of sp³-hybridized carbons (Fsp3) is 0.100. The van der Waals surface area contributed by atoms with Crippen LogP contribution in [-0.2, 0) is 7.05 Å². The Kier molecular flexibility index (Phi) is 2.92. The number of aromatic nitrogens is 2.